The Bertz CT molecular complexity index is 1360. The molecule has 0 atom stereocenters. The molecule has 0 bridgehead atoms. The van der Waals surface area contributed by atoms with Gasteiger partial charge in [0.2, 0.25) is 10.0 Å². The highest BCUT2D eigenvalue weighted by Crippen LogP contribution is 2.39. The summed E-state index contributed by atoms with van der Waals surface area (Å²) >= 11 is 0. The highest BCUT2D eigenvalue weighted by molar-refractivity contribution is 7.89. The van der Waals surface area contributed by atoms with Crippen LogP contribution < -0.4 is 9.47 Å². The predicted octanol–water partition coefficient (Wildman–Crippen LogP) is 4.41. The van der Waals surface area contributed by atoms with Gasteiger partial charge in [-0.25, -0.2) is 17.8 Å². The molecule has 7 nitrogen and oxygen atoms in total. The van der Waals surface area contributed by atoms with Crippen molar-refractivity contribution < 1.29 is 22.3 Å². The van der Waals surface area contributed by atoms with Crippen molar-refractivity contribution in [3.8, 4) is 17.2 Å². The topological polar surface area (TPSA) is 71.4 Å². The van der Waals surface area contributed by atoms with Gasteiger partial charge < -0.3 is 14.4 Å². The third kappa shape index (κ3) is 4.24. The standard InChI is InChI=1S/C25H24FN3O4S/c1-32-19-10-11-21-24(17-19)33-23-9-3-2-8-22(23)27-25(21)28-12-5-13-29(15-14-28)34(30,31)20-7-4-6-18(26)16-20/h2-4,6-11,16-17H,5,12-15H2,1H3. The normalized spacial score (nSPS) is 16.4. The summed E-state index contributed by atoms with van der Waals surface area (Å²) in [5.74, 6) is 2.07. The van der Waals surface area contributed by atoms with E-state index in [4.69, 9.17) is 14.5 Å². The first kappa shape index (κ1) is 22.4. The summed E-state index contributed by atoms with van der Waals surface area (Å²) in [7, 11) is -2.20. The molecule has 176 valence electrons. The summed E-state index contributed by atoms with van der Waals surface area (Å²) in [5.41, 5.74) is 1.50. The molecule has 0 aliphatic carbocycles. The molecule has 0 saturated carbocycles. The molecule has 0 amide bonds. The average Bonchev–Trinajstić information content (AvgIpc) is 3.19. The van der Waals surface area contributed by atoms with Crippen LogP contribution in [0.2, 0.25) is 0 Å². The molecule has 0 N–H and O–H groups in total. The van der Waals surface area contributed by atoms with Crippen LogP contribution in [0.3, 0.4) is 0 Å². The van der Waals surface area contributed by atoms with Gasteiger partial charge in [-0.1, -0.05) is 18.2 Å². The molecular formula is C25H24FN3O4S. The Morgan fingerprint density at radius 3 is 2.62 bits per heavy atom. The first-order valence-electron chi connectivity index (χ1n) is 11.0. The molecule has 3 aromatic carbocycles. The predicted molar refractivity (Wildman–Crippen MR) is 127 cm³/mol. The van der Waals surface area contributed by atoms with E-state index in [0.29, 0.717) is 54.8 Å². The lowest BCUT2D eigenvalue weighted by Gasteiger charge is -2.25. The zero-order chi connectivity index (χ0) is 23.7. The lowest BCUT2D eigenvalue weighted by molar-refractivity contribution is 0.404. The van der Waals surface area contributed by atoms with Crippen molar-refractivity contribution in [3.05, 3.63) is 78.1 Å². The molecule has 0 aromatic heterocycles. The minimum absolute atomic E-state index is 0.0347. The van der Waals surface area contributed by atoms with Gasteiger partial charge in [-0.2, -0.15) is 4.31 Å². The van der Waals surface area contributed by atoms with Crippen molar-refractivity contribution in [2.45, 2.75) is 11.3 Å². The number of rotatable bonds is 3. The number of amidine groups is 1. The Labute approximate surface area is 198 Å². The molecule has 0 spiro atoms. The van der Waals surface area contributed by atoms with Crippen LogP contribution in [0.1, 0.15) is 12.0 Å². The van der Waals surface area contributed by atoms with E-state index in [-0.39, 0.29) is 11.4 Å². The average molecular weight is 482 g/mol. The van der Waals surface area contributed by atoms with Gasteiger partial charge in [0.05, 0.1) is 17.6 Å². The van der Waals surface area contributed by atoms with E-state index in [2.05, 4.69) is 4.90 Å². The van der Waals surface area contributed by atoms with Crippen molar-refractivity contribution in [2.24, 2.45) is 4.99 Å². The highest BCUT2D eigenvalue weighted by atomic mass is 32.2. The Morgan fingerprint density at radius 1 is 0.941 bits per heavy atom. The summed E-state index contributed by atoms with van der Waals surface area (Å²) in [6, 6.07) is 18.3. The second kappa shape index (κ2) is 9.08. The van der Waals surface area contributed by atoms with Gasteiger partial charge in [0.25, 0.3) is 0 Å². The van der Waals surface area contributed by atoms with Gasteiger partial charge >= 0.3 is 0 Å². The van der Waals surface area contributed by atoms with E-state index in [1.165, 1.54) is 22.5 Å². The van der Waals surface area contributed by atoms with Crippen LogP contribution in [0.15, 0.2) is 76.6 Å². The number of halogens is 1. The second-order valence-corrected chi connectivity index (χ2v) is 10.0. The fraction of sp³-hybridized carbons (Fsp3) is 0.240. The maximum atomic E-state index is 13.7. The van der Waals surface area contributed by atoms with Crippen LogP contribution >= 0.6 is 0 Å². The van der Waals surface area contributed by atoms with Gasteiger partial charge in [0.1, 0.15) is 28.8 Å². The Morgan fingerprint density at radius 2 is 1.79 bits per heavy atom. The SMILES string of the molecule is COc1ccc2c(c1)Oc1ccccc1N=C2N1CCCN(S(=O)(=O)c2cccc(F)c2)CC1. The van der Waals surface area contributed by atoms with Crippen molar-refractivity contribution >= 4 is 21.5 Å². The van der Waals surface area contributed by atoms with E-state index in [1.54, 1.807) is 7.11 Å². The lowest BCUT2D eigenvalue weighted by atomic mass is 10.1. The van der Waals surface area contributed by atoms with Crippen molar-refractivity contribution in [1.29, 1.82) is 0 Å². The first-order chi connectivity index (χ1) is 16.5. The molecule has 0 radical (unpaired) electrons. The molecule has 1 saturated heterocycles. The van der Waals surface area contributed by atoms with E-state index in [0.717, 1.165) is 11.6 Å². The number of sulfonamides is 1. The van der Waals surface area contributed by atoms with Gasteiger partial charge in [-0.15, -0.1) is 0 Å². The van der Waals surface area contributed by atoms with Gasteiger partial charge in [-0.3, -0.25) is 0 Å². The maximum absolute atomic E-state index is 13.7. The zero-order valence-electron chi connectivity index (χ0n) is 18.6. The Kier molecular flexibility index (Phi) is 5.97. The first-order valence-corrected chi connectivity index (χ1v) is 12.4. The summed E-state index contributed by atoms with van der Waals surface area (Å²) in [4.78, 5) is 6.96. The minimum atomic E-state index is -3.80. The number of benzene rings is 3. The zero-order valence-corrected chi connectivity index (χ0v) is 19.5. The monoisotopic (exact) mass is 481 g/mol. The fourth-order valence-electron chi connectivity index (χ4n) is 4.19. The van der Waals surface area contributed by atoms with Crippen molar-refractivity contribution in [1.82, 2.24) is 9.21 Å². The van der Waals surface area contributed by atoms with E-state index in [9.17, 15) is 12.8 Å². The van der Waals surface area contributed by atoms with Crippen LogP contribution in [0.25, 0.3) is 0 Å². The largest absolute Gasteiger partial charge is 0.497 e. The van der Waals surface area contributed by atoms with E-state index >= 15 is 0 Å². The molecule has 2 aliphatic rings. The quantitative estimate of drug-likeness (QED) is 0.554. The van der Waals surface area contributed by atoms with Crippen LogP contribution in [0.5, 0.6) is 17.2 Å². The van der Waals surface area contributed by atoms with Crippen LogP contribution in [0, 0.1) is 5.82 Å². The third-order valence-corrected chi connectivity index (χ3v) is 7.82. The second-order valence-electron chi connectivity index (χ2n) is 8.07. The highest BCUT2D eigenvalue weighted by Gasteiger charge is 2.30. The minimum Gasteiger partial charge on any atom is -0.497 e. The number of hydrogen-bond donors (Lipinski definition) is 0. The molecule has 0 unspecified atom stereocenters. The molecule has 3 aromatic rings. The number of para-hydroxylation sites is 2. The molecule has 2 heterocycles. The third-order valence-electron chi connectivity index (χ3n) is 5.93. The number of nitrogens with zero attached hydrogens (tertiary/aromatic N) is 3. The summed E-state index contributed by atoms with van der Waals surface area (Å²) in [6.45, 7) is 1.64. The molecule has 34 heavy (non-hydrogen) atoms. The summed E-state index contributed by atoms with van der Waals surface area (Å²) in [6.07, 6.45) is 0.599. The van der Waals surface area contributed by atoms with Crippen molar-refractivity contribution in [3.63, 3.8) is 0 Å². The molecule has 2 aliphatic heterocycles. The molecule has 9 heteroatoms. The molecule has 5 rings (SSSR count). The number of ether oxygens (including phenoxy) is 2. The Hall–Kier alpha value is -3.43. The van der Waals surface area contributed by atoms with Crippen LogP contribution in [0.4, 0.5) is 10.1 Å². The van der Waals surface area contributed by atoms with Crippen molar-refractivity contribution in [2.75, 3.05) is 33.3 Å². The molecular weight excluding hydrogens is 457 g/mol. The number of fused-ring (bicyclic) bond motifs is 2. The van der Waals surface area contributed by atoms with Gasteiger partial charge in [0, 0.05) is 32.2 Å². The summed E-state index contributed by atoms with van der Waals surface area (Å²) < 4.78 is 52.9. The van der Waals surface area contributed by atoms with Gasteiger partial charge in [-0.05, 0) is 48.9 Å². The summed E-state index contributed by atoms with van der Waals surface area (Å²) in [5, 5.41) is 0. The van der Waals surface area contributed by atoms with Crippen LogP contribution in [-0.2, 0) is 10.0 Å². The number of hydrogen-bond acceptors (Lipinski definition) is 6. The number of aliphatic imine (C=N–C) groups is 1. The Balaban J connectivity index is 1.47. The number of methoxy groups -OCH3 is 1. The lowest BCUT2D eigenvalue weighted by Crippen LogP contribution is -2.37. The van der Waals surface area contributed by atoms with Crippen LogP contribution in [-0.4, -0.2) is 56.7 Å². The van der Waals surface area contributed by atoms with E-state index < -0.39 is 15.8 Å². The fourth-order valence-corrected chi connectivity index (χ4v) is 5.69. The van der Waals surface area contributed by atoms with Gasteiger partial charge in [0.15, 0.2) is 5.75 Å². The maximum Gasteiger partial charge on any atom is 0.243 e. The smallest absolute Gasteiger partial charge is 0.243 e. The van der Waals surface area contributed by atoms with E-state index in [1.807, 2.05) is 42.5 Å². The molecule has 1 fully saturated rings.